The maximum Gasteiger partial charge on any atom is 0.317 e. The van der Waals surface area contributed by atoms with Gasteiger partial charge in [-0.25, -0.2) is 0 Å². The summed E-state index contributed by atoms with van der Waals surface area (Å²) >= 11 is 3.36. The summed E-state index contributed by atoms with van der Waals surface area (Å²) in [5, 5.41) is 25.8. The number of nitrogens with one attached hydrogen (secondary N) is 1. The van der Waals surface area contributed by atoms with Crippen LogP contribution in [0.15, 0.2) is 22.7 Å². The second-order valence-corrected chi connectivity index (χ2v) is 7.65. The standard InChI is InChI=1S/C15H17BrN4O6/c1-26-12-3-2-11(16)4-10(12)5-18-8-14(19(22)23)6-15(9-18,20(24)25)13(21)17-7-14/h2-4H,5-9H2,1H3,(H,17,21). The van der Waals surface area contributed by atoms with E-state index in [-0.39, 0.29) is 26.2 Å². The van der Waals surface area contributed by atoms with Crippen LogP contribution in [-0.2, 0) is 11.3 Å². The summed E-state index contributed by atoms with van der Waals surface area (Å²) in [6.07, 6.45) is -0.405. The number of hydrogen-bond donors (Lipinski definition) is 1. The first-order chi connectivity index (χ1) is 12.2. The number of hydrogen-bond acceptors (Lipinski definition) is 7. The smallest absolute Gasteiger partial charge is 0.317 e. The Labute approximate surface area is 156 Å². The Morgan fingerprint density at radius 1 is 1.31 bits per heavy atom. The number of halogens is 1. The SMILES string of the molecule is COc1ccc(Br)cc1CN1CC2([N+](=O)[O-])CNC(=O)C([N+](=O)[O-])(C1)C2. The van der Waals surface area contributed by atoms with Gasteiger partial charge in [-0.05, 0) is 18.2 Å². The average molecular weight is 429 g/mol. The van der Waals surface area contributed by atoms with Gasteiger partial charge < -0.3 is 10.1 Å². The van der Waals surface area contributed by atoms with Crippen molar-refractivity contribution in [3.8, 4) is 5.75 Å². The molecule has 2 unspecified atom stereocenters. The van der Waals surface area contributed by atoms with E-state index in [0.717, 1.165) is 10.0 Å². The minimum atomic E-state index is -2.02. The molecule has 2 aliphatic heterocycles. The molecule has 2 fully saturated rings. The number of nitro groups is 2. The summed E-state index contributed by atoms with van der Waals surface area (Å²) in [7, 11) is 1.50. The highest BCUT2D eigenvalue weighted by Gasteiger charge is 2.69. The van der Waals surface area contributed by atoms with Crippen molar-refractivity contribution in [3.05, 3.63) is 48.5 Å². The minimum absolute atomic E-state index is 0.00549. The highest BCUT2D eigenvalue weighted by Crippen LogP contribution is 2.38. The molecule has 1 aromatic rings. The first-order valence-corrected chi connectivity index (χ1v) is 8.64. The fourth-order valence-corrected chi connectivity index (χ4v) is 4.20. The number of piperidine rings is 2. The van der Waals surface area contributed by atoms with Crippen molar-refractivity contribution < 1.29 is 19.4 Å². The van der Waals surface area contributed by atoms with E-state index < -0.39 is 33.3 Å². The Hall–Kier alpha value is -2.27. The lowest BCUT2D eigenvalue weighted by Crippen LogP contribution is -2.76. The third-order valence-electron chi connectivity index (χ3n) is 5.00. The van der Waals surface area contributed by atoms with Crippen LogP contribution in [0, 0.1) is 20.2 Å². The van der Waals surface area contributed by atoms with Crippen LogP contribution in [0.4, 0.5) is 0 Å². The van der Waals surface area contributed by atoms with Crippen LogP contribution < -0.4 is 10.1 Å². The lowest BCUT2D eigenvalue weighted by molar-refractivity contribution is -0.618. The fraction of sp³-hybridized carbons (Fsp3) is 0.533. The van der Waals surface area contributed by atoms with Gasteiger partial charge in [-0.3, -0.25) is 29.9 Å². The van der Waals surface area contributed by atoms with Gasteiger partial charge in [0.2, 0.25) is 0 Å². The van der Waals surface area contributed by atoms with Crippen LogP contribution in [0.25, 0.3) is 0 Å². The molecule has 2 atom stereocenters. The molecule has 0 saturated carbocycles. The Kier molecular flexibility index (Phi) is 4.61. The van der Waals surface area contributed by atoms with Crippen molar-refractivity contribution in [2.75, 3.05) is 26.7 Å². The summed E-state index contributed by atoms with van der Waals surface area (Å²) < 4.78 is 6.10. The zero-order valence-electron chi connectivity index (χ0n) is 13.9. The summed E-state index contributed by atoms with van der Waals surface area (Å²) in [4.78, 5) is 36.1. The van der Waals surface area contributed by atoms with Crippen molar-refractivity contribution in [3.63, 3.8) is 0 Å². The Morgan fingerprint density at radius 2 is 2.04 bits per heavy atom. The van der Waals surface area contributed by atoms with E-state index in [2.05, 4.69) is 21.2 Å². The van der Waals surface area contributed by atoms with Crippen molar-refractivity contribution >= 4 is 21.8 Å². The second kappa shape index (κ2) is 6.47. The van der Waals surface area contributed by atoms with Crippen LogP contribution in [0.1, 0.15) is 12.0 Å². The quantitative estimate of drug-likeness (QED) is 0.542. The number of methoxy groups -OCH3 is 1. The van der Waals surface area contributed by atoms with E-state index in [1.807, 2.05) is 0 Å². The minimum Gasteiger partial charge on any atom is -0.496 e. The van der Waals surface area contributed by atoms with Gasteiger partial charge in [-0.15, -0.1) is 0 Å². The van der Waals surface area contributed by atoms with Crippen LogP contribution >= 0.6 is 15.9 Å². The number of benzene rings is 1. The number of amides is 1. The number of ether oxygens (including phenoxy) is 1. The van der Waals surface area contributed by atoms with Crippen molar-refractivity contribution in [1.29, 1.82) is 0 Å². The lowest BCUT2D eigenvalue weighted by Gasteiger charge is -2.45. The van der Waals surface area contributed by atoms with Gasteiger partial charge in [0.15, 0.2) is 0 Å². The zero-order valence-corrected chi connectivity index (χ0v) is 15.5. The number of nitrogens with zero attached hydrogens (tertiary/aromatic N) is 3. The molecule has 1 amide bonds. The van der Waals surface area contributed by atoms with Gasteiger partial charge in [0.05, 0.1) is 26.7 Å². The van der Waals surface area contributed by atoms with Gasteiger partial charge in [0, 0.05) is 26.4 Å². The maximum atomic E-state index is 12.3. The van der Waals surface area contributed by atoms with E-state index in [9.17, 15) is 25.0 Å². The third kappa shape index (κ3) is 2.90. The monoisotopic (exact) mass is 428 g/mol. The van der Waals surface area contributed by atoms with E-state index in [0.29, 0.717) is 5.75 Å². The lowest BCUT2D eigenvalue weighted by atomic mass is 9.74. The van der Waals surface area contributed by atoms with Crippen molar-refractivity contribution in [1.82, 2.24) is 10.2 Å². The second-order valence-electron chi connectivity index (χ2n) is 6.73. The molecule has 1 aromatic carbocycles. The molecule has 10 nitrogen and oxygen atoms in total. The van der Waals surface area contributed by atoms with Crippen molar-refractivity contribution in [2.24, 2.45) is 0 Å². The molecule has 3 rings (SSSR count). The van der Waals surface area contributed by atoms with Gasteiger partial charge >= 0.3 is 5.54 Å². The van der Waals surface area contributed by atoms with Gasteiger partial charge in [0.25, 0.3) is 11.4 Å². The Balaban J connectivity index is 1.99. The Morgan fingerprint density at radius 3 is 2.65 bits per heavy atom. The molecule has 1 N–H and O–H groups in total. The molecule has 2 bridgehead atoms. The van der Waals surface area contributed by atoms with Crippen LogP contribution in [0.2, 0.25) is 0 Å². The first kappa shape index (κ1) is 18.5. The molecule has 0 radical (unpaired) electrons. The Bertz CT molecular complexity index is 789. The predicted octanol–water partition coefficient (Wildman–Crippen LogP) is 0.824. The predicted molar refractivity (Wildman–Crippen MR) is 93.0 cm³/mol. The summed E-state index contributed by atoms with van der Waals surface area (Å²) in [6.45, 7) is -0.218. The number of rotatable bonds is 5. The highest BCUT2D eigenvalue weighted by molar-refractivity contribution is 9.10. The van der Waals surface area contributed by atoms with Gasteiger partial charge in [0.1, 0.15) is 12.2 Å². The van der Waals surface area contributed by atoms with Crippen LogP contribution in [-0.4, -0.2) is 58.5 Å². The molecule has 0 spiro atoms. The fourth-order valence-electron chi connectivity index (χ4n) is 3.79. The summed E-state index contributed by atoms with van der Waals surface area (Å²) in [6, 6.07) is 5.32. The largest absolute Gasteiger partial charge is 0.496 e. The average Bonchev–Trinajstić information content (AvgIpc) is 2.58. The first-order valence-electron chi connectivity index (χ1n) is 7.84. The maximum absolute atomic E-state index is 12.3. The molecule has 140 valence electrons. The number of fused-ring (bicyclic) bond motifs is 2. The molecule has 2 aliphatic rings. The van der Waals surface area contributed by atoms with E-state index in [1.165, 1.54) is 7.11 Å². The molecule has 11 heteroatoms. The number of likely N-dealkylation sites (tertiary alicyclic amines) is 1. The number of carbonyl (C=O) groups is 1. The summed E-state index contributed by atoms with van der Waals surface area (Å²) in [5.41, 5.74) is -2.89. The molecule has 0 aliphatic carbocycles. The van der Waals surface area contributed by atoms with Crippen molar-refractivity contribution in [2.45, 2.75) is 24.0 Å². The molecule has 26 heavy (non-hydrogen) atoms. The molecule has 0 aromatic heterocycles. The van der Waals surface area contributed by atoms with E-state index in [1.54, 1.807) is 23.1 Å². The molecule has 2 saturated heterocycles. The van der Waals surface area contributed by atoms with Gasteiger partial charge in [-0.1, -0.05) is 15.9 Å². The normalized spacial score (nSPS) is 28.3. The van der Waals surface area contributed by atoms with Gasteiger partial charge in [-0.2, -0.15) is 0 Å². The third-order valence-corrected chi connectivity index (χ3v) is 5.49. The molecule has 2 heterocycles. The van der Waals surface area contributed by atoms with E-state index in [4.69, 9.17) is 4.74 Å². The van der Waals surface area contributed by atoms with E-state index >= 15 is 0 Å². The number of carbonyl (C=O) groups excluding carboxylic acids is 1. The van der Waals surface area contributed by atoms with Crippen LogP contribution in [0.5, 0.6) is 5.75 Å². The molecular formula is C15H17BrN4O6. The summed E-state index contributed by atoms with van der Waals surface area (Å²) in [5.74, 6) is -0.204. The highest BCUT2D eigenvalue weighted by atomic mass is 79.9. The van der Waals surface area contributed by atoms with Crippen LogP contribution in [0.3, 0.4) is 0 Å². The zero-order chi connectivity index (χ0) is 19.1. The molecular weight excluding hydrogens is 412 g/mol. The topological polar surface area (TPSA) is 128 Å².